The van der Waals surface area contributed by atoms with Crippen molar-refractivity contribution < 1.29 is 13.9 Å². The molecular formula is C16H15Cl2FO2. The monoisotopic (exact) mass is 328 g/mol. The molecule has 5 heteroatoms. The summed E-state index contributed by atoms with van der Waals surface area (Å²) in [7, 11) is 3.05. The maximum atomic E-state index is 13.2. The van der Waals surface area contributed by atoms with Crippen LogP contribution < -0.4 is 9.47 Å². The normalized spacial score (nSPS) is 12.1. The molecular weight excluding hydrogens is 314 g/mol. The van der Waals surface area contributed by atoms with E-state index >= 15 is 0 Å². The van der Waals surface area contributed by atoms with Crippen molar-refractivity contribution >= 4 is 23.2 Å². The third-order valence-electron chi connectivity index (χ3n) is 3.29. The third-order valence-corrected chi connectivity index (χ3v) is 4.12. The number of rotatable bonds is 4. The van der Waals surface area contributed by atoms with E-state index in [0.29, 0.717) is 22.1 Å². The second-order valence-corrected chi connectivity index (χ2v) is 5.38. The highest BCUT2D eigenvalue weighted by Crippen LogP contribution is 2.43. The van der Waals surface area contributed by atoms with Crippen molar-refractivity contribution in [2.24, 2.45) is 0 Å². The van der Waals surface area contributed by atoms with Gasteiger partial charge in [0.15, 0.2) is 0 Å². The summed E-state index contributed by atoms with van der Waals surface area (Å²) in [5, 5.41) is -0.133. The molecule has 0 aliphatic carbocycles. The zero-order valence-corrected chi connectivity index (χ0v) is 13.4. The summed E-state index contributed by atoms with van der Waals surface area (Å²) in [6, 6.07) is 8.02. The molecule has 21 heavy (non-hydrogen) atoms. The Kier molecular flexibility index (Phi) is 4.96. The molecule has 2 rings (SSSR count). The fourth-order valence-corrected chi connectivity index (χ4v) is 2.95. The number of hydrogen-bond donors (Lipinski definition) is 0. The van der Waals surface area contributed by atoms with Gasteiger partial charge in [0.25, 0.3) is 0 Å². The van der Waals surface area contributed by atoms with Crippen LogP contribution in [0.2, 0.25) is 5.02 Å². The lowest BCUT2D eigenvalue weighted by atomic mass is 9.99. The lowest BCUT2D eigenvalue weighted by Gasteiger charge is -2.18. The smallest absolute Gasteiger partial charge is 0.146 e. The summed E-state index contributed by atoms with van der Waals surface area (Å²) in [5.74, 6) is 0.677. The van der Waals surface area contributed by atoms with Gasteiger partial charge in [-0.3, -0.25) is 0 Å². The number of aryl methyl sites for hydroxylation is 1. The van der Waals surface area contributed by atoms with Gasteiger partial charge >= 0.3 is 0 Å². The lowest BCUT2D eigenvalue weighted by molar-refractivity contribution is 0.392. The highest BCUT2D eigenvalue weighted by Gasteiger charge is 2.21. The largest absolute Gasteiger partial charge is 0.495 e. The summed E-state index contributed by atoms with van der Waals surface area (Å²) in [4.78, 5) is 0. The van der Waals surface area contributed by atoms with E-state index in [9.17, 15) is 4.39 Å². The molecule has 0 heterocycles. The second-order valence-electron chi connectivity index (χ2n) is 4.57. The van der Waals surface area contributed by atoms with E-state index < -0.39 is 5.38 Å². The minimum atomic E-state index is -0.496. The van der Waals surface area contributed by atoms with Gasteiger partial charge in [0, 0.05) is 5.56 Å². The number of methoxy groups -OCH3 is 2. The van der Waals surface area contributed by atoms with E-state index in [1.807, 2.05) is 6.92 Å². The Hall–Kier alpha value is -1.45. The standard InChI is InChI=1S/C16H15Cl2FO2/c1-9-8-10(19)4-5-11(9)14(17)12-6-7-13(20-2)15(18)16(12)21-3/h4-8,14H,1-3H3. The number of benzene rings is 2. The molecule has 2 aromatic carbocycles. The molecule has 112 valence electrons. The summed E-state index contributed by atoms with van der Waals surface area (Å²) in [6.07, 6.45) is 0. The predicted octanol–water partition coefficient (Wildman–Crippen LogP) is 5.13. The quantitative estimate of drug-likeness (QED) is 0.724. The van der Waals surface area contributed by atoms with Gasteiger partial charge in [0.05, 0.1) is 19.6 Å². The van der Waals surface area contributed by atoms with Gasteiger partial charge in [0.1, 0.15) is 22.3 Å². The zero-order chi connectivity index (χ0) is 15.6. The van der Waals surface area contributed by atoms with Crippen LogP contribution >= 0.6 is 23.2 Å². The van der Waals surface area contributed by atoms with Gasteiger partial charge in [-0.25, -0.2) is 4.39 Å². The molecule has 2 aromatic rings. The molecule has 0 N–H and O–H groups in total. The molecule has 0 radical (unpaired) electrons. The Bertz CT molecular complexity index is 659. The van der Waals surface area contributed by atoms with Crippen LogP contribution in [-0.4, -0.2) is 14.2 Å². The first kappa shape index (κ1) is 15.9. The summed E-state index contributed by atoms with van der Waals surface area (Å²) in [5.41, 5.74) is 2.28. The average molecular weight is 329 g/mol. The molecule has 0 aromatic heterocycles. The zero-order valence-electron chi connectivity index (χ0n) is 11.9. The highest BCUT2D eigenvalue weighted by atomic mass is 35.5. The summed E-state index contributed by atoms with van der Waals surface area (Å²) >= 11 is 12.8. The Labute approximate surface area is 133 Å². The Morgan fingerprint density at radius 1 is 1.05 bits per heavy atom. The van der Waals surface area contributed by atoms with Crippen LogP contribution in [0.4, 0.5) is 4.39 Å². The fourth-order valence-electron chi connectivity index (χ4n) is 2.21. The first-order valence-corrected chi connectivity index (χ1v) is 7.11. The number of ether oxygens (including phenoxy) is 2. The van der Waals surface area contributed by atoms with Gasteiger partial charge in [-0.05, 0) is 42.3 Å². The Balaban J connectivity index is 2.52. The van der Waals surface area contributed by atoms with Crippen molar-refractivity contribution in [1.82, 2.24) is 0 Å². The average Bonchev–Trinajstić information content (AvgIpc) is 2.46. The van der Waals surface area contributed by atoms with Crippen molar-refractivity contribution in [3.63, 3.8) is 0 Å². The molecule has 0 aliphatic rings. The minimum absolute atomic E-state index is 0.292. The van der Waals surface area contributed by atoms with Crippen molar-refractivity contribution in [1.29, 1.82) is 0 Å². The van der Waals surface area contributed by atoms with Crippen LogP contribution in [-0.2, 0) is 0 Å². The van der Waals surface area contributed by atoms with Crippen LogP contribution in [0.15, 0.2) is 30.3 Å². The molecule has 2 nitrogen and oxygen atoms in total. The molecule has 0 aliphatic heterocycles. The predicted molar refractivity (Wildman–Crippen MR) is 83.4 cm³/mol. The Morgan fingerprint density at radius 3 is 2.29 bits per heavy atom. The van der Waals surface area contributed by atoms with Crippen molar-refractivity contribution in [2.75, 3.05) is 14.2 Å². The van der Waals surface area contributed by atoms with Gasteiger partial charge in [-0.15, -0.1) is 11.6 Å². The van der Waals surface area contributed by atoms with Gasteiger partial charge < -0.3 is 9.47 Å². The van der Waals surface area contributed by atoms with Crippen molar-refractivity contribution in [3.8, 4) is 11.5 Å². The van der Waals surface area contributed by atoms with Crippen LogP contribution in [0.25, 0.3) is 0 Å². The van der Waals surface area contributed by atoms with E-state index in [4.69, 9.17) is 32.7 Å². The van der Waals surface area contributed by atoms with E-state index in [0.717, 1.165) is 11.1 Å². The van der Waals surface area contributed by atoms with Gasteiger partial charge in [0.2, 0.25) is 0 Å². The van der Waals surface area contributed by atoms with Crippen LogP contribution in [0, 0.1) is 12.7 Å². The number of hydrogen-bond acceptors (Lipinski definition) is 2. The van der Waals surface area contributed by atoms with Crippen LogP contribution in [0.5, 0.6) is 11.5 Å². The summed E-state index contributed by atoms with van der Waals surface area (Å²) < 4.78 is 23.7. The molecule has 0 fully saturated rings. The molecule has 0 amide bonds. The molecule has 0 bridgehead atoms. The molecule has 0 saturated carbocycles. The van der Waals surface area contributed by atoms with Crippen LogP contribution in [0.3, 0.4) is 0 Å². The first-order valence-electron chi connectivity index (χ1n) is 6.30. The molecule has 1 atom stereocenters. The number of alkyl halides is 1. The van der Waals surface area contributed by atoms with Crippen molar-refractivity contribution in [3.05, 3.63) is 57.9 Å². The van der Waals surface area contributed by atoms with E-state index in [1.165, 1.54) is 26.4 Å². The first-order chi connectivity index (χ1) is 9.99. The van der Waals surface area contributed by atoms with E-state index in [-0.39, 0.29) is 5.82 Å². The summed E-state index contributed by atoms with van der Waals surface area (Å²) in [6.45, 7) is 1.81. The molecule has 0 saturated heterocycles. The molecule has 1 unspecified atom stereocenters. The SMILES string of the molecule is COc1ccc(C(Cl)c2ccc(F)cc2C)c(OC)c1Cl. The van der Waals surface area contributed by atoms with E-state index in [2.05, 4.69) is 0 Å². The highest BCUT2D eigenvalue weighted by molar-refractivity contribution is 6.34. The Morgan fingerprint density at radius 2 is 1.71 bits per heavy atom. The maximum Gasteiger partial charge on any atom is 0.146 e. The minimum Gasteiger partial charge on any atom is -0.495 e. The lowest BCUT2D eigenvalue weighted by Crippen LogP contribution is -2.01. The van der Waals surface area contributed by atoms with Crippen LogP contribution in [0.1, 0.15) is 22.1 Å². The second kappa shape index (κ2) is 6.54. The topological polar surface area (TPSA) is 18.5 Å². The molecule has 0 spiro atoms. The number of halogens is 3. The third kappa shape index (κ3) is 3.09. The van der Waals surface area contributed by atoms with Crippen molar-refractivity contribution in [2.45, 2.75) is 12.3 Å². The maximum absolute atomic E-state index is 13.2. The van der Waals surface area contributed by atoms with Gasteiger partial charge in [-0.2, -0.15) is 0 Å². The fraction of sp³-hybridized carbons (Fsp3) is 0.250. The van der Waals surface area contributed by atoms with E-state index in [1.54, 1.807) is 18.2 Å². The van der Waals surface area contributed by atoms with Gasteiger partial charge in [-0.1, -0.05) is 17.7 Å².